The van der Waals surface area contributed by atoms with E-state index >= 15 is 0 Å². The van der Waals surface area contributed by atoms with Crippen LogP contribution < -0.4 is 5.32 Å². The number of carbonyl (C=O) groups excluding carboxylic acids is 1. The number of carbonyl (C=O) groups is 1. The minimum absolute atomic E-state index is 0.119. The van der Waals surface area contributed by atoms with Crippen molar-refractivity contribution in [1.29, 1.82) is 0 Å². The molecule has 2 unspecified atom stereocenters. The summed E-state index contributed by atoms with van der Waals surface area (Å²) in [5.74, 6) is -0.761. The first-order chi connectivity index (χ1) is 9.02. The standard InChI is InChI=1S/C14H20FNO3/c1-2-12(17)6-7-16-14(19)9-13(18)10-4-3-5-11(15)8-10/h3-5,8,12-13,17-18H,2,6-7,9H2,1H3,(H,16,19). The summed E-state index contributed by atoms with van der Waals surface area (Å²) in [6.07, 6.45) is -0.439. The number of nitrogens with one attached hydrogen (secondary N) is 1. The highest BCUT2D eigenvalue weighted by molar-refractivity contribution is 5.76. The first-order valence-electron chi connectivity index (χ1n) is 6.41. The van der Waals surface area contributed by atoms with Gasteiger partial charge in [0.1, 0.15) is 5.82 Å². The molecule has 0 saturated heterocycles. The van der Waals surface area contributed by atoms with Crippen molar-refractivity contribution in [3.05, 3.63) is 35.6 Å². The maximum atomic E-state index is 13.0. The molecule has 0 aromatic heterocycles. The summed E-state index contributed by atoms with van der Waals surface area (Å²) in [5.41, 5.74) is 0.378. The van der Waals surface area contributed by atoms with Crippen LogP contribution in [0, 0.1) is 5.82 Å². The molecule has 0 bridgehead atoms. The van der Waals surface area contributed by atoms with Crippen LogP contribution in [0.25, 0.3) is 0 Å². The summed E-state index contributed by atoms with van der Waals surface area (Å²) in [5, 5.41) is 21.7. The van der Waals surface area contributed by atoms with Gasteiger partial charge in [0.2, 0.25) is 5.91 Å². The van der Waals surface area contributed by atoms with E-state index in [1.54, 1.807) is 6.07 Å². The summed E-state index contributed by atoms with van der Waals surface area (Å²) in [7, 11) is 0. The monoisotopic (exact) mass is 269 g/mol. The van der Waals surface area contributed by atoms with E-state index in [2.05, 4.69) is 5.32 Å². The lowest BCUT2D eigenvalue weighted by Gasteiger charge is -2.12. The first kappa shape index (κ1) is 15.6. The lowest BCUT2D eigenvalue weighted by Crippen LogP contribution is -2.28. The third-order valence-electron chi connectivity index (χ3n) is 2.88. The Balaban J connectivity index is 2.36. The quantitative estimate of drug-likeness (QED) is 0.703. The molecule has 0 spiro atoms. The molecule has 0 saturated carbocycles. The molecule has 0 radical (unpaired) electrons. The number of amides is 1. The Labute approximate surface area is 112 Å². The SMILES string of the molecule is CCC(O)CCNC(=O)CC(O)c1cccc(F)c1. The lowest BCUT2D eigenvalue weighted by molar-refractivity contribution is -0.123. The summed E-state index contributed by atoms with van der Waals surface area (Å²) < 4.78 is 13.0. The van der Waals surface area contributed by atoms with Gasteiger partial charge in [-0.2, -0.15) is 0 Å². The summed E-state index contributed by atoms with van der Waals surface area (Å²) in [6, 6.07) is 5.55. The van der Waals surface area contributed by atoms with Crippen LogP contribution in [0.2, 0.25) is 0 Å². The zero-order valence-electron chi connectivity index (χ0n) is 11.0. The molecule has 1 aromatic carbocycles. The van der Waals surface area contributed by atoms with Gasteiger partial charge in [0.25, 0.3) is 0 Å². The van der Waals surface area contributed by atoms with Crippen molar-refractivity contribution in [2.24, 2.45) is 0 Å². The molecule has 0 aliphatic heterocycles. The van der Waals surface area contributed by atoms with E-state index in [-0.39, 0.29) is 12.3 Å². The molecule has 0 heterocycles. The zero-order valence-corrected chi connectivity index (χ0v) is 11.0. The number of aliphatic hydroxyl groups excluding tert-OH is 2. The second-order valence-corrected chi connectivity index (χ2v) is 4.48. The first-order valence-corrected chi connectivity index (χ1v) is 6.41. The number of hydrogen-bond acceptors (Lipinski definition) is 3. The van der Waals surface area contributed by atoms with Crippen LogP contribution in [0.5, 0.6) is 0 Å². The van der Waals surface area contributed by atoms with Gasteiger partial charge in [-0.25, -0.2) is 4.39 Å². The summed E-state index contributed by atoms with van der Waals surface area (Å²) in [6.45, 7) is 2.23. The molecule has 106 valence electrons. The minimum atomic E-state index is -1.02. The van der Waals surface area contributed by atoms with Crippen molar-refractivity contribution in [2.45, 2.75) is 38.4 Å². The molecule has 1 aromatic rings. The highest BCUT2D eigenvalue weighted by atomic mass is 19.1. The average Bonchev–Trinajstić information content (AvgIpc) is 2.38. The second-order valence-electron chi connectivity index (χ2n) is 4.48. The number of rotatable bonds is 7. The fourth-order valence-corrected chi connectivity index (χ4v) is 1.66. The second kappa shape index (κ2) is 7.86. The molecule has 0 aliphatic carbocycles. The van der Waals surface area contributed by atoms with Gasteiger partial charge in [0.05, 0.1) is 18.6 Å². The van der Waals surface area contributed by atoms with Crippen LogP contribution in [0.4, 0.5) is 4.39 Å². The Morgan fingerprint density at radius 2 is 2.16 bits per heavy atom. The molecule has 19 heavy (non-hydrogen) atoms. The van der Waals surface area contributed by atoms with Gasteiger partial charge in [-0.15, -0.1) is 0 Å². The van der Waals surface area contributed by atoms with Crippen LogP contribution in [0.1, 0.15) is 37.9 Å². The van der Waals surface area contributed by atoms with E-state index in [0.717, 1.165) is 0 Å². The molecule has 0 aliphatic rings. The molecular formula is C14H20FNO3. The molecular weight excluding hydrogens is 249 g/mol. The fourth-order valence-electron chi connectivity index (χ4n) is 1.66. The van der Waals surface area contributed by atoms with Crippen molar-refractivity contribution in [3.63, 3.8) is 0 Å². The smallest absolute Gasteiger partial charge is 0.222 e. The third kappa shape index (κ3) is 5.81. The largest absolute Gasteiger partial charge is 0.393 e. The highest BCUT2D eigenvalue weighted by Gasteiger charge is 2.13. The van der Waals surface area contributed by atoms with Crippen LogP contribution in [-0.4, -0.2) is 28.8 Å². The van der Waals surface area contributed by atoms with Crippen LogP contribution in [0.3, 0.4) is 0 Å². The van der Waals surface area contributed by atoms with E-state index in [1.807, 2.05) is 6.92 Å². The van der Waals surface area contributed by atoms with Gasteiger partial charge in [-0.3, -0.25) is 4.79 Å². The Bertz CT molecular complexity index is 411. The minimum Gasteiger partial charge on any atom is -0.393 e. The molecule has 4 nitrogen and oxygen atoms in total. The molecule has 1 rings (SSSR count). The Kier molecular flexibility index (Phi) is 6.45. The van der Waals surface area contributed by atoms with Gasteiger partial charge in [-0.05, 0) is 30.5 Å². The van der Waals surface area contributed by atoms with E-state index in [0.29, 0.717) is 24.9 Å². The maximum Gasteiger partial charge on any atom is 0.222 e. The van der Waals surface area contributed by atoms with Crippen LogP contribution in [0.15, 0.2) is 24.3 Å². The van der Waals surface area contributed by atoms with Crippen molar-refractivity contribution in [2.75, 3.05) is 6.54 Å². The Hall–Kier alpha value is -1.46. The van der Waals surface area contributed by atoms with Crippen molar-refractivity contribution in [3.8, 4) is 0 Å². The van der Waals surface area contributed by atoms with E-state index < -0.39 is 18.0 Å². The Morgan fingerprint density at radius 3 is 2.79 bits per heavy atom. The normalized spacial score (nSPS) is 13.9. The topological polar surface area (TPSA) is 69.6 Å². The van der Waals surface area contributed by atoms with E-state index in [9.17, 15) is 19.4 Å². The Morgan fingerprint density at radius 1 is 1.42 bits per heavy atom. The number of aliphatic hydroxyl groups is 2. The van der Waals surface area contributed by atoms with Gasteiger partial charge in [-0.1, -0.05) is 19.1 Å². The average molecular weight is 269 g/mol. The molecule has 0 fully saturated rings. The highest BCUT2D eigenvalue weighted by Crippen LogP contribution is 2.17. The van der Waals surface area contributed by atoms with Crippen molar-refractivity contribution in [1.82, 2.24) is 5.32 Å². The third-order valence-corrected chi connectivity index (χ3v) is 2.88. The molecule has 1 amide bonds. The number of halogens is 1. The molecule has 5 heteroatoms. The zero-order chi connectivity index (χ0) is 14.3. The van der Waals surface area contributed by atoms with E-state index in [1.165, 1.54) is 18.2 Å². The predicted octanol–water partition coefficient (Wildman–Crippen LogP) is 1.53. The van der Waals surface area contributed by atoms with Gasteiger partial charge < -0.3 is 15.5 Å². The van der Waals surface area contributed by atoms with Gasteiger partial charge >= 0.3 is 0 Å². The van der Waals surface area contributed by atoms with Gasteiger partial charge in [0.15, 0.2) is 0 Å². The summed E-state index contributed by atoms with van der Waals surface area (Å²) in [4.78, 5) is 11.5. The maximum absolute atomic E-state index is 13.0. The van der Waals surface area contributed by atoms with Crippen LogP contribution >= 0.6 is 0 Å². The lowest BCUT2D eigenvalue weighted by atomic mass is 10.1. The molecule has 3 N–H and O–H groups in total. The fraction of sp³-hybridized carbons (Fsp3) is 0.500. The van der Waals surface area contributed by atoms with Crippen LogP contribution in [-0.2, 0) is 4.79 Å². The van der Waals surface area contributed by atoms with E-state index in [4.69, 9.17) is 0 Å². The number of benzene rings is 1. The van der Waals surface area contributed by atoms with Gasteiger partial charge in [0, 0.05) is 6.54 Å². The molecule has 2 atom stereocenters. The summed E-state index contributed by atoms with van der Waals surface area (Å²) >= 11 is 0. The number of hydrogen-bond donors (Lipinski definition) is 3. The van der Waals surface area contributed by atoms with Crippen molar-refractivity contribution < 1.29 is 19.4 Å². The predicted molar refractivity (Wildman–Crippen MR) is 69.9 cm³/mol. The van der Waals surface area contributed by atoms with Crippen molar-refractivity contribution >= 4 is 5.91 Å².